The van der Waals surface area contributed by atoms with Crippen molar-refractivity contribution in [3.05, 3.63) is 16.6 Å². The van der Waals surface area contributed by atoms with Gasteiger partial charge in [-0.3, -0.25) is 4.79 Å². The third-order valence-corrected chi connectivity index (χ3v) is 2.70. The molecule has 0 saturated carbocycles. The van der Waals surface area contributed by atoms with E-state index in [9.17, 15) is 9.59 Å². The van der Waals surface area contributed by atoms with Crippen molar-refractivity contribution in [1.82, 2.24) is 9.88 Å². The molecule has 0 fully saturated rings. The summed E-state index contributed by atoms with van der Waals surface area (Å²) >= 11 is 1.44. The average molecular weight is 257 g/mol. The zero-order chi connectivity index (χ0) is 12.8. The monoisotopic (exact) mass is 257 g/mol. The number of rotatable bonds is 5. The molecule has 0 aliphatic carbocycles. The van der Waals surface area contributed by atoms with Gasteiger partial charge in [0.25, 0.3) is 5.91 Å². The molecule has 7 heteroatoms. The van der Waals surface area contributed by atoms with E-state index in [0.29, 0.717) is 6.54 Å². The number of nitrogens with two attached hydrogens (primary N) is 1. The Morgan fingerprint density at radius 3 is 2.88 bits per heavy atom. The lowest BCUT2D eigenvalue weighted by Gasteiger charge is -2.19. The van der Waals surface area contributed by atoms with Gasteiger partial charge in [-0.1, -0.05) is 0 Å². The number of amides is 1. The van der Waals surface area contributed by atoms with E-state index in [4.69, 9.17) is 5.73 Å². The van der Waals surface area contributed by atoms with Crippen LogP contribution in [0, 0.1) is 0 Å². The molecule has 0 aromatic carbocycles. The lowest BCUT2D eigenvalue weighted by atomic mass is 10.2. The Kier molecular flexibility index (Phi) is 5.05. The van der Waals surface area contributed by atoms with Gasteiger partial charge in [-0.05, 0) is 6.92 Å². The first-order valence-electron chi connectivity index (χ1n) is 5.10. The number of ether oxygens (including phenoxy) is 1. The second kappa shape index (κ2) is 6.31. The zero-order valence-corrected chi connectivity index (χ0v) is 10.6. The highest BCUT2D eigenvalue weighted by atomic mass is 32.1. The first-order chi connectivity index (χ1) is 8.06. The van der Waals surface area contributed by atoms with Crippen molar-refractivity contribution in [2.24, 2.45) is 5.73 Å². The SMILES string of the molecule is CCOC(=O)C(N)C(=O)N(C)Cc1cscn1. The van der Waals surface area contributed by atoms with Crippen molar-refractivity contribution < 1.29 is 14.3 Å². The zero-order valence-electron chi connectivity index (χ0n) is 9.75. The van der Waals surface area contributed by atoms with Crippen LogP contribution in [0.15, 0.2) is 10.9 Å². The minimum Gasteiger partial charge on any atom is -0.464 e. The van der Waals surface area contributed by atoms with E-state index in [0.717, 1.165) is 5.69 Å². The van der Waals surface area contributed by atoms with Crippen molar-refractivity contribution >= 4 is 23.2 Å². The summed E-state index contributed by atoms with van der Waals surface area (Å²) in [6, 6.07) is -1.27. The summed E-state index contributed by atoms with van der Waals surface area (Å²) in [4.78, 5) is 28.4. The Morgan fingerprint density at radius 1 is 1.65 bits per heavy atom. The summed E-state index contributed by atoms with van der Waals surface area (Å²) in [5.41, 5.74) is 7.94. The van der Waals surface area contributed by atoms with Crippen LogP contribution in [0.1, 0.15) is 12.6 Å². The molecule has 1 unspecified atom stereocenters. The Balaban J connectivity index is 2.54. The Bertz CT molecular complexity index is 380. The van der Waals surface area contributed by atoms with E-state index in [1.54, 1.807) is 19.5 Å². The van der Waals surface area contributed by atoms with Crippen molar-refractivity contribution in [2.45, 2.75) is 19.5 Å². The van der Waals surface area contributed by atoms with Gasteiger partial charge < -0.3 is 15.4 Å². The van der Waals surface area contributed by atoms with Gasteiger partial charge in [0.2, 0.25) is 0 Å². The van der Waals surface area contributed by atoms with Crippen LogP contribution in [0.4, 0.5) is 0 Å². The highest BCUT2D eigenvalue weighted by molar-refractivity contribution is 7.07. The van der Waals surface area contributed by atoms with Crippen LogP contribution in [0.2, 0.25) is 0 Å². The average Bonchev–Trinajstić information content (AvgIpc) is 2.80. The predicted octanol–water partition coefficient (Wildman–Crippen LogP) is -0.00810. The highest BCUT2D eigenvalue weighted by Gasteiger charge is 2.26. The number of hydrogen-bond donors (Lipinski definition) is 1. The van der Waals surface area contributed by atoms with E-state index in [-0.39, 0.29) is 6.61 Å². The standard InChI is InChI=1S/C10H15N3O3S/c1-3-16-10(15)8(11)9(14)13(2)4-7-5-17-6-12-7/h5-6,8H,3-4,11H2,1-2H3. The summed E-state index contributed by atoms with van der Waals surface area (Å²) in [6.07, 6.45) is 0. The number of thiazole rings is 1. The van der Waals surface area contributed by atoms with Crippen LogP contribution in [0.5, 0.6) is 0 Å². The predicted molar refractivity (Wildman–Crippen MR) is 63.2 cm³/mol. The van der Waals surface area contributed by atoms with Crippen LogP contribution in [0.25, 0.3) is 0 Å². The molecule has 1 amide bonds. The Morgan fingerprint density at radius 2 is 2.35 bits per heavy atom. The molecule has 0 radical (unpaired) electrons. The molecule has 1 aromatic heterocycles. The molecule has 0 spiro atoms. The lowest BCUT2D eigenvalue weighted by Crippen LogP contribution is -2.47. The van der Waals surface area contributed by atoms with Gasteiger partial charge in [0, 0.05) is 12.4 Å². The van der Waals surface area contributed by atoms with Crippen molar-refractivity contribution in [1.29, 1.82) is 0 Å². The van der Waals surface area contributed by atoms with E-state index in [1.165, 1.54) is 16.2 Å². The lowest BCUT2D eigenvalue weighted by molar-refractivity contribution is -0.150. The number of carbonyl (C=O) groups excluding carboxylic acids is 2. The Labute approximate surface area is 103 Å². The first kappa shape index (κ1) is 13.6. The number of hydrogen-bond acceptors (Lipinski definition) is 6. The summed E-state index contributed by atoms with van der Waals surface area (Å²) < 4.78 is 4.69. The van der Waals surface area contributed by atoms with Gasteiger partial charge in [-0.2, -0.15) is 0 Å². The minimum atomic E-state index is -1.27. The molecule has 0 saturated heterocycles. The van der Waals surface area contributed by atoms with Crippen LogP contribution < -0.4 is 5.73 Å². The van der Waals surface area contributed by atoms with Gasteiger partial charge in [0.05, 0.1) is 24.4 Å². The molecule has 17 heavy (non-hydrogen) atoms. The van der Waals surface area contributed by atoms with Gasteiger partial charge in [-0.25, -0.2) is 9.78 Å². The third kappa shape index (κ3) is 3.79. The summed E-state index contributed by atoms with van der Waals surface area (Å²) in [5.74, 6) is -1.18. The fourth-order valence-electron chi connectivity index (χ4n) is 1.21. The second-order valence-corrected chi connectivity index (χ2v) is 4.12. The molecule has 0 bridgehead atoms. The quantitative estimate of drug-likeness (QED) is 0.592. The molecule has 94 valence electrons. The summed E-state index contributed by atoms with van der Waals surface area (Å²) in [7, 11) is 1.57. The summed E-state index contributed by atoms with van der Waals surface area (Å²) in [5, 5.41) is 1.83. The maximum Gasteiger partial charge on any atom is 0.332 e. The molecule has 0 aliphatic rings. The van der Waals surface area contributed by atoms with Crippen LogP contribution in [-0.2, 0) is 20.9 Å². The molecule has 1 rings (SSSR count). The molecule has 0 aliphatic heterocycles. The fraction of sp³-hybridized carbons (Fsp3) is 0.500. The molecule has 1 atom stereocenters. The number of nitrogens with zero attached hydrogens (tertiary/aromatic N) is 2. The number of esters is 1. The number of aromatic nitrogens is 1. The van der Waals surface area contributed by atoms with Crippen LogP contribution >= 0.6 is 11.3 Å². The topological polar surface area (TPSA) is 85.5 Å². The largest absolute Gasteiger partial charge is 0.464 e. The number of likely N-dealkylation sites (N-methyl/N-ethyl adjacent to an activating group) is 1. The fourth-order valence-corrected chi connectivity index (χ4v) is 1.76. The number of carbonyl (C=O) groups is 2. The first-order valence-corrected chi connectivity index (χ1v) is 6.04. The van der Waals surface area contributed by atoms with Crippen molar-refractivity contribution in [3.63, 3.8) is 0 Å². The molecular formula is C10H15N3O3S. The molecule has 1 heterocycles. The van der Waals surface area contributed by atoms with Crippen LogP contribution in [-0.4, -0.2) is 41.5 Å². The smallest absolute Gasteiger partial charge is 0.332 e. The Hall–Kier alpha value is -1.47. The normalized spacial score (nSPS) is 11.9. The summed E-state index contributed by atoms with van der Waals surface area (Å²) in [6.45, 7) is 2.19. The minimum absolute atomic E-state index is 0.204. The molecular weight excluding hydrogens is 242 g/mol. The van der Waals surface area contributed by atoms with E-state index >= 15 is 0 Å². The van der Waals surface area contributed by atoms with Gasteiger partial charge >= 0.3 is 5.97 Å². The van der Waals surface area contributed by atoms with E-state index < -0.39 is 17.9 Å². The van der Waals surface area contributed by atoms with Gasteiger partial charge in [-0.15, -0.1) is 11.3 Å². The van der Waals surface area contributed by atoms with Gasteiger partial charge in [0.1, 0.15) is 0 Å². The molecule has 2 N–H and O–H groups in total. The molecule has 6 nitrogen and oxygen atoms in total. The van der Waals surface area contributed by atoms with Crippen molar-refractivity contribution in [2.75, 3.05) is 13.7 Å². The highest BCUT2D eigenvalue weighted by Crippen LogP contribution is 2.05. The maximum absolute atomic E-state index is 11.8. The maximum atomic E-state index is 11.8. The van der Waals surface area contributed by atoms with Gasteiger partial charge in [0.15, 0.2) is 6.04 Å². The van der Waals surface area contributed by atoms with E-state index in [2.05, 4.69) is 9.72 Å². The molecule has 1 aromatic rings. The van der Waals surface area contributed by atoms with Crippen LogP contribution in [0.3, 0.4) is 0 Å². The second-order valence-electron chi connectivity index (χ2n) is 3.40. The van der Waals surface area contributed by atoms with E-state index in [1.807, 2.05) is 5.38 Å². The van der Waals surface area contributed by atoms with Crippen molar-refractivity contribution in [3.8, 4) is 0 Å². The third-order valence-electron chi connectivity index (χ3n) is 2.07.